The minimum atomic E-state index is -5.17. The smallest absolute Gasteiger partial charge is 0.224 e. The molecule has 0 radical (unpaired) electrons. The maximum absolute atomic E-state index is 12.3. The summed E-state index contributed by atoms with van der Waals surface area (Å²) in [5.41, 5.74) is 2.42. The molecule has 0 atom stereocenters. The molecule has 2 aromatic rings. The summed E-state index contributed by atoms with van der Waals surface area (Å²) in [5, 5.41) is 30.4. The van der Waals surface area contributed by atoms with Crippen LogP contribution in [-0.2, 0) is 10.4 Å². The molecule has 32 heavy (non-hydrogen) atoms. The first kappa shape index (κ1) is 23.0. The van der Waals surface area contributed by atoms with Crippen molar-refractivity contribution in [3.05, 3.63) is 58.8 Å². The Hall–Kier alpha value is -3.64. The lowest BCUT2D eigenvalue weighted by atomic mass is 9.94. The van der Waals surface area contributed by atoms with Gasteiger partial charge >= 0.3 is 0 Å². The minimum Gasteiger partial charge on any atom is -0.759 e. The van der Waals surface area contributed by atoms with E-state index in [0.717, 1.165) is 10.6 Å². The average molecular weight is 460 g/mol. The number of rotatable bonds is 2. The molecule has 0 spiro atoms. The van der Waals surface area contributed by atoms with Crippen LogP contribution >= 0.6 is 0 Å². The van der Waals surface area contributed by atoms with E-state index in [1.165, 1.54) is 18.2 Å². The first-order chi connectivity index (χ1) is 14.8. The molecular formula is C21H18NO9S-. The first-order valence-corrected chi connectivity index (χ1v) is 10.4. The largest absolute Gasteiger partial charge is 0.759 e. The van der Waals surface area contributed by atoms with Gasteiger partial charge in [0, 0.05) is 39.0 Å². The molecule has 1 aliphatic carbocycles. The summed E-state index contributed by atoms with van der Waals surface area (Å²) in [4.78, 5) is 13.4. The highest BCUT2D eigenvalue weighted by atomic mass is 32.3. The molecule has 0 saturated heterocycles. The molecule has 0 unspecified atom stereocenters. The van der Waals surface area contributed by atoms with Crippen molar-refractivity contribution in [1.29, 1.82) is 0 Å². The van der Waals surface area contributed by atoms with Crippen molar-refractivity contribution < 1.29 is 42.2 Å². The van der Waals surface area contributed by atoms with Gasteiger partial charge in [-0.3, -0.25) is 13.2 Å². The van der Waals surface area contributed by atoms with Crippen LogP contribution in [-0.4, -0.2) is 46.9 Å². The van der Waals surface area contributed by atoms with Crippen molar-refractivity contribution in [3.8, 4) is 39.7 Å². The van der Waals surface area contributed by atoms with Crippen molar-refractivity contribution in [2.45, 2.75) is 0 Å². The van der Waals surface area contributed by atoms with E-state index < -0.39 is 15.8 Å². The van der Waals surface area contributed by atoms with Gasteiger partial charge in [-0.15, -0.1) is 0 Å². The molecule has 4 N–H and O–H groups in total. The van der Waals surface area contributed by atoms with Gasteiger partial charge in [-0.25, -0.2) is 0 Å². The number of quaternary nitrogens is 1. The molecule has 2 aliphatic rings. The van der Waals surface area contributed by atoms with Gasteiger partial charge in [-0.05, 0) is 42.0 Å². The third-order valence-electron chi connectivity index (χ3n) is 4.64. The molecule has 168 valence electrons. The summed E-state index contributed by atoms with van der Waals surface area (Å²) in [7, 11) is -1.15. The number of hydrogen-bond acceptors (Lipinski definition) is 9. The molecule has 2 aromatic carbocycles. The van der Waals surface area contributed by atoms with E-state index in [4.69, 9.17) is 21.9 Å². The molecule has 4 rings (SSSR count). The van der Waals surface area contributed by atoms with Crippen molar-refractivity contribution in [3.63, 3.8) is 0 Å². The van der Waals surface area contributed by atoms with Gasteiger partial charge in [-0.2, -0.15) is 0 Å². The number of phenols is 3. The normalized spacial score (nSPS) is 11.5. The third-order valence-corrected chi connectivity index (χ3v) is 4.64. The number of phenolic OH excluding ortho intramolecular Hbond substituents is 3. The molecule has 10 nitrogen and oxygen atoms in total. The summed E-state index contributed by atoms with van der Waals surface area (Å²) in [6.07, 6.45) is 0. The second-order valence-corrected chi connectivity index (χ2v) is 7.94. The lowest BCUT2D eigenvalue weighted by Crippen LogP contribution is -3.00. The van der Waals surface area contributed by atoms with Crippen LogP contribution in [0.3, 0.4) is 0 Å². The third kappa shape index (κ3) is 4.98. The number of hydrogen-bond donors (Lipinski definition) is 4. The maximum atomic E-state index is 12.3. The Kier molecular flexibility index (Phi) is 6.10. The molecule has 0 fully saturated rings. The van der Waals surface area contributed by atoms with E-state index in [-0.39, 0.29) is 23.0 Å². The summed E-state index contributed by atoms with van der Waals surface area (Å²) in [6.45, 7) is 0. The number of benzene rings is 3. The Bertz CT molecular complexity index is 1420. The Morgan fingerprint density at radius 3 is 2.03 bits per heavy atom. The van der Waals surface area contributed by atoms with E-state index in [1.54, 1.807) is 6.07 Å². The van der Waals surface area contributed by atoms with Crippen LogP contribution in [0.5, 0.6) is 17.2 Å². The quantitative estimate of drug-likeness (QED) is 0.148. The highest BCUT2D eigenvalue weighted by Crippen LogP contribution is 2.41. The van der Waals surface area contributed by atoms with Crippen molar-refractivity contribution in [2.24, 2.45) is 0 Å². The molecule has 1 aliphatic heterocycles. The standard InChI is InChI=1S/C21H17NO5.H2O4S/c1-22(2)13-5-3-11(4-6-13)20-14-7-12-8-15(23)16(24)9-18(12)27-19(14)10-17(25)21(20)26;1-5(2,3)4/h3-10,23-24,26H,1-2H3;(H2,1,2,3,4)/p-1. The highest BCUT2D eigenvalue weighted by molar-refractivity contribution is 7.79. The maximum Gasteiger partial charge on any atom is 0.224 e. The molecule has 0 saturated carbocycles. The van der Waals surface area contributed by atoms with Gasteiger partial charge in [0.15, 0.2) is 17.2 Å². The SMILES string of the molecule is C[NH+](C)c1ccc(-c2c3cc4cc(O)c(O)cc4oc-3cc(=O)c2O)cc1.O=S(=O)([O-])[O-]. The molecule has 0 amide bonds. The van der Waals surface area contributed by atoms with Gasteiger partial charge in [0.2, 0.25) is 5.43 Å². The van der Waals surface area contributed by atoms with Gasteiger partial charge in [0.1, 0.15) is 17.0 Å². The highest BCUT2D eigenvalue weighted by Gasteiger charge is 2.21. The second kappa shape index (κ2) is 8.48. The van der Waals surface area contributed by atoms with Gasteiger partial charge in [0.25, 0.3) is 0 Å². The second-order valence-electron chi connectivity index (χ2n) is 7.12. The Morgan fingerprint density at radius 1 is 0.906 bits per heavy atom. The topological polar surface area (TPSA) is 176 Å². The van der Waals surface area contributed by atoms with Crippen molar-refractivity contribution in [2.75, 3.05) is 14.1 Å². The number of fused-ring (bicyclic) bond motifs is 2. The number of aromatic hydroxyl groups is 3. The summed E-state index contributed by atoms with van der Waals surface area (Å²) >= 11 is 0. The Balaban J connectivity index is 0.000000523. The van der Waals surface area contributed by atoms with E-state index in [2.05, 4.69) is 0 Å². The van der Waals surface area contributed by atoms with Crippen LogP contribution in [0.15, 0.2) is 57.7 Å². The molecule has 0 aromatic heterocycles. The van der Waals surface area contributed by atoms with Crippen LogP contribution < -0.4 is 10.3 Å². The predicted octanol–water partition coefficient (Wildman–Crippen LogP) is 1.12. The monoisotopic (exact) mass is 460 g/mol. The minimum absolute atomic E-state index is 0.276. The van der Waals surface area contributed by atoms with E-state index in [1.807, 2.05) is 38.4 Å². The van der Waals surface area contributed by atoms with Crippen molar-refractivity contribution in [1.82, 2.24) is 0 Å². The zero-order valence-corrected chi connectivity index (χ0v) is 17.6. The summed E-state index contributed by atoms with van der Waals surface area (Å²) < 4.78 is 39.8. The summed E-state index contributed by atoms with van der Waals surface area (Å²) in [6, 6.07) is 13.1. The molecule has 0 bridgehead atoms. The fraction of sp³-hybridized carbons (Fsp3) is 0.0952. The predicted molar refractivity (Wildman–Crippen MR) is 112 cm³/mol. The lowest BCUT2D eigenvalue weighted by molar-refractivity contribution is -0.786. The van der Waals surface area contributed by atoms with Crippen LogP contribution in [0.4, 0.5) is 5.69 Å². The fourth-order valence-electron chi connectivity index (χ4n) is 3.18. The molecule has 11 heteroatoms. The summed E-state index contributed by atoms with van der Waals surface area (Å²) in [5.74, 6) is -0.659. The zero-order valence-electron chi connectivity index (χ0n) is 16.8. The van der Waals surface area contributed by atoms with Crippen LogP contribution in [0.25, 0.3) is 33.4 Å². The Labute approximate surface area is 182 Å². The van der Waals surface area contributed by atoms with Crippen LogP contribution in [0.2, 0.25) is 0 Å². The van der Waals surface area contributed by atoms with Crippen molar-refractivity contribution >= 4 is 27.1 Å². The van der Waals surface area contributed by atoms with E-state index in [0.29, 0.717) is 27.7 Å². The average Bonchev–Trinajstić information content (AvgIpc) is 2.68. The van der Waals surface area contributed by atoms with Crippen LogP contribution in [0, 0.1) is 0 Å². The van der Waals surface area contributed by atoms with Gasteiger partial charge in [0.05, 0.1) is 14.1 Å². The van der Waals surface area contributed by atoms with E-state index >= 15 is 0 Å². The first-order valence-electron chi connectivity index (χ1n) is 9.08. The van der Waals surface area contributed by atoms with Gasteiger partial charge < -0.3 is 33.7 Å². The van der Waals surface area contributed by atoms with Gasteiger partial charge in [-0.1, -0.05) is 0 Å². The Morgan fingerprint density at radius 2 is 1.47 bits per heavy atom. The van der Waals surface area contributed by atoms with Crippen LogP contribution in [0.1, 0.15) is 0 Å². The van der Waals surface area contributed by atoms with E-state index in [9.17, 15) is 20.1 Å². The molecular weight excluding hydrogens is 442 g/mol. The number of nitrogens with one attached hydrogen (secondary N) is 1. The fourth-order valence-corrected chi connectivity index (χ4v) is 3.18. The molecule has 1 heterocycles. The lowest BCUT2D eigenvalue weighted by Gasteiger charge is -2.15. The zero-order chi connectivity index (χ0) is 23.8.